The molecule has 0 bridgehead atoms. The molecule has 0 spiro atoms. The van der Waals surface area contributed by atoms with Gasteiger partial charge in [-0.1, -0.05) is 10.3 Å². The van der Waals surface area contributed by atoms with Crippen LogP contribution in [0.2, 0.25) is 0 Å². The second-order valence-electron chi connectivity index (χ2n) is 8.14. The lowest BCUT2D eigenvalue weighted by molar-refractivity contribution is 0.0853. The van der Waals surface area contributed by atoms with E-state index in [0.29, 0.717) is 48.9 Å². The molecule has 36 heavy (non-hydrogen) atoms. The van der Waals surface area contributed by atoms with Gasteiger partial charge in [0.25, 0.3) is 0 Å². The number of aromatic nitrogens is 1. The summed E-state index contributed by atoms with van der Waals surface area (Å²) in [5.74, 6) is 3.88. The number of methoxy groups -OCH3 is 3. The van der Waals surface area contributed by atoms with Crippen molar-refractivity contribution < 1.29 is 33.0 Å². The fraction of sp³-hybridized carbons (Fsp3) is 0.360. The number of halogens is 1. The Morgan fingerprint density at radius 3 is 2.53 bits per heavy atom. The maximum atomic E-state index is 5.68. The van der Waals surface area contributed by atoms with Crippen molar-refractivity contribution in [3.8, 4) is 40.0 Å². The first-order valence-electron chi connectivity index (χ1n) is 11.2. The third kappa shape index (κ3) is 5.29. The molecule has 1 N–H and O–H groups in total. The predicted octanol–water partition coefficient (Wildman–Crippen LogP) is 4.00. The van der Waals surface area contributed by atoms with Gasteiger partial charge in [-0.25, -0.2) is 0 Å². The fourth-order valence-electron chi connectivity index (χ4n) is 4.18. The standard InChI is InChI=1S/C25H27N3O7.ClH/c1-29-18-6-4-15(5-7-18)21-11-20(35-28-21)13-26-12-17-10-19(34-27-17)8-16-9-22-24(33-14-32-22)25(31-3)23(16)30-2;/h4-7,9,11,19,26H,8,10,12-14H2,1-3H3;1H. The van der Waals surface area contributed by atoms with Crippen molar-refractivity contribution in [3.63, 3.8) is 0 Å². The fourth-order valence-corrected chi connectivity index (χ4v) is 4.18. The molecule has 0 amide bonds. The average Bonchev–Trinajstić information content (AvgIpc) is 3.65. The summed E-state index contributed by atoms with van der Waals surface area (Å²) in [4.78, 5) is 5.68. The van der Waals surface area contributed by atoms with Crippen LogP contribution in [0.4, 0.5) is 0 Å². The highest BCUT2D eigenvalue weighted by Crippen LogP contribution is 2.49. The summed E-state index contributed by atoms with van der Waals surface area (Å²) in [6.45, 7) is 1.26. The first kappa shape index (κ1) is 25.5. The SMILES string of the molecule is COc1ccc(-c2cc(CNCC3=NOC(Cc4cc5c(c(OC)c4OC)OCO5)C3)on2)cc1.Cl. The van der Waals surface area contributed by atoms with E-state index in [1.165, 1.54) is 0 Å². The van der Waals surface area contributed by atoms with E-state index in [2.05, 4.69) is 15.6 Å². The average molecular weight is 518 g/mol. The zero-order valence-electron chi connectivity index (χ0n) is 20.2. The van der Waals surface area contributed by atoms with Crippen molar-refractivity contribution >= 4 is 18.1 Å². The smallest absolute Gasteiger partial charge is 0.231 e. The third-order valence-corrected chi connectivity index (χ3v) is 5.87. The molecule has 11 heteroatoms. The van der Waals surface area contributed by atoms with Crippen LogP contribution in [0, 0.1) is 0 Å². The van der Waals surface area contributed by atoms with Crippen LogP contribution in [-0.4, -0.2) is 51.6 Å². The van der Waals surface area contributed by atoms with Gasteiger partial charge < -0.3 is 38.4 Å². The van der Waals surface area contributed by atoms with Gasteiger partial charge >= 0.3 is 0 Å². The summed E-state index contributed by atoms with van der Waals surface area (Å²) < 4.78 is 32.8. The van der Waals surface area contributed by atoms with Crippen molar-refractivity contribution in [3.05, 3.63) is 47.7 Å². The van der Waals surface area contributed by atoms with E-state index in [-0.39, 0.29) is 25.3 Å². The number of benzene rings is 2. The Bertz CT molecular complexity index is 1210. The molecule has 5 rings (SSSR count). The Labute approximate surface area is 214 Å². The minimum atomic E-state index is -0.113. The Morgan fingerprint density at radius 1 is 0.972 bits per heavy atom. The zero-order chi connectivity index (χ0) is 24.2. The Balaban J connectivity index is 0.00000304. The molecule has 1 aromatic heterocycles. The number of hydrogen-bond acceptors (Lipinski definition) is 10. The van der Waals surface area contributed by atoms with E-state index < -0.39 is 0 Å². The lowest BCUT2D eigenvalue weighted by Gasteiger charge is -2.16. The predicted molar refractivity (Wildman–Crippen MR) is 134 cm³/mol. The maximum absolute atomic E-state index is 5.68. The quantitative estimate of drug-likeness (QED) is 0.427. The molecule has 0 saturated carbocycles. The molecule has 1 atom stereocenters. The molecular formula is C25H28ClN3O7. The molecule has 1 unspecified atom stereocenters. The molecule has 0 radical (unpaired) electrons. The van der Waals surface area contributed by atoms with E-state index in [1.807, 2.05) is 36.4 Å². The summed E-state index contributed by atoms with van der Waals surface area (Å²) in [5, 5.41) is 11.7. The molecule has 0 aliphatic carbocycles. The number of fused-ring (bicyclic) bond motifs is 1. The first-order valence-corrected chi connectivity index (χ1v) is 11.2. The number of ether oxygens (including phenoxy) is 5. The molecule has 2 aliphatic heterocycles. The van der Waals surface area contributed by atoms with Crippen molar-refractivity contribution in [2.75, 3.05) is 34.7 Å². The molecule has 10 nitrogen and oxygen atoms in total. The van der Waals surface area contributed by atoms with Crippen LogP contribution < -0.4 is 29.0 Å². The molecule has 0 saturated heterocycles. The Hall–Kier alpha value is -3.63. The summed E-state index contributed by atoms with van der Waals surface area (Å²) in [5.41, 5.74) is 3.58. The van der Waals surface area contributed by atoms with Gasteiger partial charge in [0, 0.05) is 36.6 Å². The van der Waals surface area contributed by atoms with Crippen molar-refractivity contribution in [1.29, 1.82) is 0 Å². The van der Waals surface area contributed by atoms with E-state index in [0.717, 1.165) is 34.0 Å². The minimum absolute atomic E-state index is 0. The first-order chi connectivity index (χ1) is 17.2. The van der Waals surface area contributed by atoms with Crippen LogP contribution in [0.15, 0.2) is 46.1 Å². The molecule has 2 aromatic carbocycles. The lowest BCUT2D eigenvalue weighted by atomic mass is 10.0. The van der Waals surface area contributed by atoms with Gasteiger partial charge in [0.1, 0.15) is 17.5 Å². The van der Waals surface area contributed by atoms with Crippen molar-refractivity contribution in [2.24, 2.45) is 5.16 Å². The molecule has 3 heterocycles. The summed E-state index contributed by atoms with van der Waals surface area (Å²) in [6, 6.07) is 11.5. The molecule has 2 aliphatic rings. The highest BCUT2D eigenvalue weighted by molar-refractivity contribution is 5.87. The van der Waals surface area contributed by atoms with Crippen LogP contribution in [0.5, 0.6) is 28.7 Å². The van der Waals surface area contributed by atoms with Gasteiger partial charge in [0.2, 0.25) is 18.3 Å². The summed E-state index contributed by atoms with van der Waals surface area (Å²) in [6.07, 6.45) is 1.18. The number of nitrogens with one attached hydrogen (secondary N) is 1. The van der Waals surface area contributed by atoms with Gasteiger partial charge in [-0.15, -0.1) is 12.4 Å². The maximum Gasteiger partial charge on any atom is 0.231 e. The minimum Gasteiger partial charge on any atom is -0.497 e. The zero-order valence-corrected chi connectivity index (χ0v) is 21.1. The van der Waals surface area contributed by atoms with E-state index in [4.69, 9.17) is 33.0 Å². The van der Waals surface area contributed by atoms with Gasteiger partial charge in [-0.2, -0.15) is 0 Å². The van der Waals surface area contributed by atoms with Crippen LogP contribution in [0.1, 0.15) is 17.7 Å². The summed E-state index contributed by atoms with van der Waals surface area (Å²) in [7, 11) is 4.83. The third-order valence-electron chi connectivity index (χ3n) is 5.87. The second kappa shape index (κ2) is 11.4. The number of rotatable bonds is 10. The largest absolute Gasteiger partial charge is 0.497 e. The van der Waals surface area contributed by atoms with E-state index >= 15 is 0 Å². The number of nitrogens with zero attached hydrogens (tertiary/aromatic N) is 2. The van der Waals surface area contributed by atoms with Gasteiger partial charge in [-0.3, -0.25) is 0 Å². The summed E-state index contributed by atoms with van der Waals surface area (Å²) >= 11 is 0. The lowest BCUT2D eigenvalue weighted by Crippen LogP contribution is -2.23. The van der Waals surface area contributed by atoms with E-state index in [1.54, 1.807) is 21.3 Å². The van der Waals surface area contributed by atoms with Gasteiger partial charge in [0.05, 0.1) is 33.6 Å². The normalized spacial score (nSPS) is 15.6. The van der Waals surface area contributed by atoms with Crippen LogP contribution in [0.3, 0.4) is 0 Å². The van der Waals surface area contributed by atoms with Crippen molar-refractivity contribution in [1.82, 2.24) is 10.5 Å². The van der Waals surface area contributed by atoms with Crippen LogP contribution >= 0.6 is 12.4 Å². The van der Waals surface area contributed by atoms with Gasteiger partial charge in [-0.05, 0) is 30.3 Å². The monoisotopic (exact) mass is 517 g/mol. The Kier molecular flexibility index (Phi) is 8.07. The highest BCUT2D eigenvalue weighted by atomic mass is 35.5. The van der Waals surface area contributed by atoms with Gasteiger partial charge in [0.15, 0.2) is 17.3 Å². The molecule has 3 aromatic rings. The van der Waals surface area contributed by atoms with E-state index in [9.17, 15) is 0 Å². The Morgan fingerprint density at radius 2 is 1.78 bits per heavy atom. The second-order valence-corrected chi connectivity index (χ2v) is 8.14. The number of hydrogen-bond donors (Lipinski definition) is 1. The van der Waals surface area contributed by atoms with Crippen LogP contribution in [0.25, 0.3) is 11.3 Å². The number of oxime groups is 1. The highest BCUT2D eigenvalue weighted by Gasteiger charge is 2.29. The molecule has 192 valence electrons. The topological polar surface area (TPSA) is 106 Å². The molecular weight excluding hydrogens is 490 g/mol. The van der Waals surface area contributed by atoms with Crippen molar-refractivity contribution in [2.45, 2.75) is 25.5 Å². The van der Waals surface area contributed by atoms with Crippen LogP contribution in [-0.2, 0) is 17.8 Å². The molecule has 0 fully saturated rings.